The van der Waals surface area contributed by atoms with Crippen LogP contribution in [0.15, 0.2) is 48.7 Å². The van der Waals surface area contributed by atoms with Gasteiger partial charge in [-0.2, -0.15) is 5.10 Å². The van der Waals surface area contributed by atoms with Crippen molar-refractivity contribution < 1.29 is 14.3 Å². The Morgan fingerprint density at radius 2 is 2.09 bits per heavy atom. The molecule has 3 heterocycles. The van der Waals surface area contributed by atoms with Gasteiger partial charge in [0.25, 0.3) is 11.8 Å². The number of benzene rings is 2. The van der Waals surface area contributed by atoms with Crippen LogP contribution >= 0.6 is 11.6 Å². The summed E-state index contributed by atoms with van der Waals surface area (Å²) in [6.45, 7) is 2.93. The third-order valence-electron chi connectivity index (χ3n) is 5.78. The fraction of sp³-hybridized carbons (Fsp3) is 0.250. The van der Waals surface area contributed by atoms with E-state index in [0.717, 1.165) is 22.3 Å². The summed E-state index contributed by atoms with van der Waals surface area (Å²) < 4.78 is 6.89. The minimum Gasteiger partial charge on any atom is -0.370 e. The van der Waals surface area contributed by atoms with Crippen LogP contribution in [0.25, 0.3) is 11.0 Å². The largest absolute Gasteiger partial charge is 0.370 e. The number of fused-ring (bicyclic) bond motifs is 1. The highest BCUT2D eigenvalue weighted by atomic mass is 35.5. The van der Waals surface area contributed by atoms with E-state index in [1.165, 1.54) is 0 Å². The fourth-order valence-electron chi connectivity index (χ4n) is 4.09. The number of carbonyl (C=O) groups excluding carboxylic acids is 2. The SMILES string of the molecule is Cc1cc(C(=O)NC(c2ccn(C)n2)c2nc3ccc(Cl)cc3[nH]2)ccc1N1CCOCC1=O. The Bertz CT molecular complexity index is 1390. The number of H-pyrrole nitrogens is 1. The number of hydrogen-bond donors (Lipinski definition) is 2. The number of carbonyl (C=O) groups is 2. The van der Waals surface area contributed by atoms with Gasteiger partial charge in [-0.25, -0.2) is 4.98 Å². The molecule has 34 heavy (non-hydrogen) atoms. The van der Waals surface area contributed by atoms with Gasteiger partial charge in [0.2, 0.25) is 0 Å². The van der Waals surface area contributed by atoms with Crippen LogP contribution in [0.3, 0.4) is 0 Å². The maximum atomic E-state index is 13.3. The van der Waals surface area contributed by atoms with Crippen molar-refractivity contribution in [3.8, 4) is 0 Å². The van der Waals surface area contributed by atoms with Crippen molar-refractivity contribution in [2.75, 3.05) is 24.7 Å². The van der Waals surface area contributed by atoms with E-state index in [1.54, 1.807) is 39.9 Å². The highest BCUT2D eigenvalue weighted by Gasteiger charge is 2.25. The van der Waals surface area contributed by atoms with Gasteiger partial charge in [-0.05, 0) is 55.0 Å². The van der Waals surface area contributed by atoms with Crippen LogP contribution in [0.1, 0.15) is 33.5 Å². The monoisotopic (exact) mass is 478 g/mol. The number of imidazole rings is 1. The number of aryl methyl sites for hydroxylation is 2. The number of halogens is 1. The minimum absolute atomic E-state index is 0.0656. The Labute approximate surface area is 200 Å². The van der Waals surface area contributed by atoms with Crippen molar-refractivity contribution in [3.63, 3.8) is 0 Å². The second-order valence-electron chi connectivity index (χ2n) is 8.20. The van der Waals surface area contributed by atoms with Gasteiger partial charge in [0.05, 0.1) is 23.3 Å². The van der Waals surface area contributed by atoms with Crippen LogP contribution in [0.5, 0.6) is 0 Å². The molecule has 2 amide bonds. The number of rotatable bonds is 5. The minimum atomic E-state index is -0.597. The predicted molar refractivity (Wildman–Crippen MR) is 128 cm³/mol. The molecular weight excluding hydrogens is 456 g/mol. The van der Waals surface area contributed by atoms with Gasteiger partial charge in [-0.3, -0.25) is 14.3 Å². The van der Waals surface area contributed by atoms with Crippen molar-refractivity contribution >= 4 is 40.1 Å². The first-order valence-electron chi connectivity index (χ1n) is 10.8. The smallest absolute Gasteiger partial charge is 0.253 e. The molecule has 0 saturated carbocycles. The summed E-state index contributed by atoms with van der Waals surface area (Å²) in [6.07, 6.45) is 1.81. The molecule has 5 rings (SSSR count). The van der Waals surface area contributed by atoms with Crippen LogP contribution in [-0.4, -0.2) is 51.3 Å². The lowest BCUT2D eigenvalue weighted by molar-refractivity contribution is -0.125. The second kappa shape index (κ2) is 8.92. The lowest BCUT2D eigenvalue weighted by Gasteiger charge is -2.28. The van der Waals surface area contributed by atoms with Crippen LogP contribution in [0.4, 0.5) is 5.69 Å². The predicted octanol–water partition coefficient (Wildman–Crippen LogP) is 3.14. The Hall–Kier alpha value is -3.69. The maximum Gasteiger partial charge on any atom is 0.253 e. The molecule has 1 atom stereocenters. The number of amides is 2. The number of anilines is 1. The van der Waals surface area contributed by atoms with Crippen molar-refractivity contribution in [1.29, 1.82) is 0 Å². The molecule has 10 heteroatoms. The molecule has 2 N–H and O–H groups in total. The Morgan fingerprint density at radius 3 is 2.82 bits per heavy atom. The van der Waals surface area contributed by atoms with Gasteiger partial charge in [0.1, 0.15) is 18.5 Å². The molecule has 2 aromatic heterocycles. The topological polar surface area (TPSA) is 105 Å². The van der Waals surface area contributed by atoms with Crippen molar-refractivity contribution in [2.24, 2.45) is 7.05 Å². The molecule has 4 aromatic rings. The average Bonchev–Trinajstić information content (AvgIpc) is 3.43. The van der Waals surface area contributed by atoms with E-state index in [2.05, 4.69) is 20.4 Å². The number of hydrogen-bond acceptors (Lipinski definition) is 5. The summed E-state index contributed by atoms with van der Waals surface area (Å²) in [5.74, 6) is 0.181. The normalized spacial score (nSPS) is 15.0. The van der Waals surface area contributed by atoms with Crippen LogP contribution in [0, 0.1) is 6.92 Å². The van der Waals surface area contributed by atoms with Gasteiger partial charge in [-0.1, -0.05) is 11.6 Å². The van der Waals surface area contributed by atoms with E-state index >= 15 is 0 Å². The summed E-state index contributed by atoms with van der Waals surface area (Å²) in [7, 11) is 1.82. The first-order chi connectivity index (χ1) is 16.4. The summed E-state index contributed by atoms with van der Waals surface area (Å²) >= 11 is 6.12. The Kier molecular flexibility index (Phi) is 5.80. The van der Waals surface area contributed by atoms with Crippen molar-refractivity contribution in [1.82, 2.24) is 25.1 Å². The molecule has 2 aromatic carbocycles. The van der Waals surface area contributed by atoms with E-state index in [0.29, 0.717) is 35.3 Å². The molecule has 1 fully saturated rings. The first kappa shape index (κ1) is 22.1. The molecule has 1 unspecified atom stereocenters. The van der Waals surface area contributed by atoms with Crippen molar-refractivity contribution in [3.05, 3.63) is 76.3 Å². The quantitative estimate of drug-likeness (QED) is 0.458. The number of aromatic amines is 1. The number of ether oxygens (including phenoxy) is 1. The van der Waals surface area contributed by atoms with Crippen LogP contribution < -0.4 is 10.2 Å². The van der Waals surface area contributed by atoms with E-state index in [9.17, 15) is 9.59 Å². The van der Waals surface area contributed by atoms with E-state index in [4.69, 9.17) is 16.3 Å². The van der Waals surface area contributed by atoms with Gasteiger partial charge in [0, 0.05) is 36.1 Å². The summed E-state index contributed by atoms with van der Waals surface area (Å²) in [6, 6.07) is 11.9. The highest BCUT2D eigenvalue weighted by Crippen LogP contribution is 2.26. The van der Waals surface area contributed by atoms with Crippen molar-refractivity contribution in [2.45, 2.75) is 13.0 Å². The molecule has 0 spiro atoms. The summed E-state index contributed by atoms with van der Waals surface area (Å²) in [5, 5.41) is 8.12. The number of morpholine rings is 1. The third kappa shape index (κ3) is 4.27. The molecule has 0 aliphatic carbocycles. The van der Waals surface area contributed by atoms with Crippen LogP contribution in [0.2, 0.25) is 5.02 Å². The fourth-order valence-corrected chi connectivity index (χ4v) is 4.27. The lowest BCUT2D eigenvalue weighted by atomic mass is 10.1. The second-order valence-corrected chi connectivity index (χ2v) is 8.64. The first-order valence-corrected chi connectivity index (χ1v) is 11.2. The molecular formula is C24H23ClN6O3. The van der Waals surface area contributed by atoms with E-state index in [1.807, 2.05) is 32.3 Å². The molecule has 9 nitrogen and oxygen atoms in total. The molecule has 0 radical (unpaired) electrons. The maximum absolute atomic E-state index is 13.3. The number of nitrogens with one attached hydrogen (secondary N) is 2. The lowest BCUT2D eigenvalue weighted by Crippen LogP contribution is -2.42. The number of nitrogens with zero attached hydrogens (tertiary/aromatic N) is 4. The molecule has 1 aliphatic rings. The molecule has 1 aliphatic heterocycles. The zero-order chi connectivity index (χ0) is 23.8. The zero-order valence-electron chi connectivity index (χ0n) is 18.7. The molecule has 0 bridgehead atoms. The number of aromatic nitrogens is 4. The van der Waals surface area contributed by atoms with Gasteiger partial charge in [0.15, 0.2) is 0 Å². The zero-order valence-corrected chi connectivity index (χ0v) is 19.5. The third-order valence-corrected chi connectivity index (χ3v) is 6.01. The summed E-state index contributed by atoms with van der Waals surface area (Å²) in [5.41, 5.74) is 4.24. The van der Waals surface area contributed by atoms with E-state index < -0.39 is 6.04 Å². The van der Waals surface area contributed by atoms with E-state index in [-0.39, 0.29) is 18.4 Å². The highest BCUT2D eigenvalue weighted by molar-refractivity contribution is 6.31. The Morgan fingerprint density at radius 1 is 1.24 bits per heavy atom. The average molecular weight is 479 g/mol. The Balaban J connectivity index is 1.44. The van der Waals surface area contributed by atoms with Gasteiger partial charge < -0.3 is 19.9 Å². The molecule has 174 valence electrons. The van der Waals surface area contributed by atoms with Crippen LogP contribution in [-0.2, 0) is 16.6 Å². The summed E-state index contributed by atoms with van der Waals surface area (Å²) in [4.78, 5) is 35.1. The van der Waals surface area contributed by atoms with Gasteiger partial charge >= 0.3 is 0 Å². The molecule has 1 saturated heterocycles. The van der Waals surface area contributed by atoms with Gasteiger partial charge in [-0.15, -0.1) is 0 Å². The standard InChI is InChI=1S/C24H23ClN6O3/c1-14-11-15(3-6-20(14)31-9-10-34-13-21(31)32)24(33)28-22(18-7-8-30(2)29-18)23-26-17-5-4-16(25)12-19(17)27-23/h3-8,11-12,22H,9-10,13H2,1-2H3,(H,26,27)(H,28,33).